The number of carbonyl (C=O) groups is 2. The molecule has 9 heteroatoms. The number of aromatic nitrogens is 3. The van der Waals surface area contributed by atoms with Crippen molar-refractivity contribution < 1.29 is 19.1 Å². The van der Waals surface area contributed by atoms with E-state index in [9.17, 15) is 9.59 Å². The third-order valence-corrected chi connectivity index (χ3v) is 7.47. The van der Waals surface area contributed by atoms with Gasteiger partial charge in [0.1, 0.15) is 17.6 Å². The van der Waals surface area contributed by atoms with Crippen molar-refractivity contribution in [1.82, 2.24) is 19.9 Å². The second kappa shape index (κ2) is 9.81. The molecule has 1 aromatic heterocycles. The highest BCUT2D eigenvalue weighted by Crippen LogP contribution is 2.39. The second-order valence-electron chi connectivity index (χ2n) is 9.96. The van der Waals surface area contributed by atoms with E-state index in [1.807, 2.05) is 55.5 Å². The molecule has 3 aromatic carbocycles. The van der Waals surface area contributed by atoms with E-state index in [0.29, 0.717) is 36.6 Å². The van der Waals surface area contributed by atoms with Crippen LogP contribution in [0.15, 0.2) is 66.7 Å². The molecule has 0 bridgehead atoms. The fraction of sp³-hybridized carbons (Fsp3) is 0.310. The summed E-state index contributed by atoms with van der Waals surface area (Å²) in [6.07, 6.45) is 2.88. The van der Waals surface area contributed by atoms with Gasteiger partial charge in [-0.1, -0.05) is 60.0 Å². The Morgan fingerprint density at radius 1 is 1.00 bits per heavy atom. The van der Waals surface area contributed by atoms with Crippen molar-refractivity contribution in [3.8, 4) is 11.5 Å². The number of fused-ring (bicyclic) bond motifs is 2. The number of carbonyl (C=O) groups excluding carboxylic acids is 2. The monoisotopic (exact) mass is 511 g/mol. The van der Waals surface area contributed by atoms with E-state index in [-0.39, 0.29) is 25.2 Å². The van der Waals surface area contributed by atoms with Gasteiger partial charge >= 0.3 is 0 Å². The van der Waals surface area contributed by atoms with Gasteiger partial charge < -0.3 is 19.7 Å². The molecule has 1 saturated carbocycles. The summed E-state index contributed by atoms with van der Waals surface area (Å²) in [7, 11) is 0. The maximum Gasteiger partial charge on any atom is 0.250 e. The molecule has 4 aromatic rings. The van der Waals surface area contributed by atoms with Crippen LogP contribution in [0.3, 0.4) is 0 Å². The van der Waals surface area contributed by atoms with Crippen molar-refractivity contribution in [3.63, 3.8) is 0 Å². The minimum atomic E-state index is -0.991. The predicted molar refractivity (Wildman–Crippen MR) is 142 cm³/mol. The molecule has 38 heavy (non-hydrogen) atoms. The Morgan fingerprint density at radius 2 is 1.76 bits per heavy atom. The van der Waals surface area contributed by atoms with E-state index in [2.05, 4.69) is 15.6 Å². The Labute approximate surface area is 220 Å². The number of aryl methyl sites for hydroxylation is 1. The van der Waals surface area contributed by atoms with Crippen molar-refractivity contribution in [1.29, 1.82) is 0 Å². The Hall–Kier alpha value is -4.40. The van der Waals surface area contributed by atoms with Crippen LogP contribution in [0.25, 0.3) is 11.0 Å². The summed E-state index contributed by atoms with van der Waals surface area (Å²) in [4.78, 5) is 29.8. The van der Waals surface area contributed by atoms with Gasteiger partial charge in [0.15, 0.2) is 11.5 Å². The van der Waals surface area contributed by atoms with Crippen LogP contribution in [-0.4, -0.2) is 44.0 Å². The minimum Gasteiger partial charge on any atom is -0.454 e. The molecule has 0 atom stereocenters. The maximum absolute atomic E-state index is 14.0. The van der Waals surface area contributed by atoms with Crippen LogP contribution in [0, 0.1) is 6.92 Å². The molecule has 0 spiro atoms. The van der Waals surface area contributed by atoms with Gasteiger partial charge in [-0.2, -0.15) is 0 Å². The lowest BCUT2D eigenvalue weighted by Crippen LogP contribution is -2.57. The van der Waals surface area contributed by atoms with Crippen LogP contribution in [-0.2, 0) is 22.7 Å². The summed E-state index contributed by atoms with van der Waals surface area (Å²) in [6.45, 7) is 2.50. The predicted octanol–water partition coefficient (Wildman–Crippen LogP) is 4.45. The van der Waals surface area contributed by atoms with Gasteiger partial charge in [0.2, 0.25) is 18.6 Å². The first-order valence-electron chi connectivity index (χ1n) is 12.9. The minimum absolute atomic E-state index is 0.00850. The molecule has 1 fully saturated rings. The lowest BCUT2D eigenvalue weighted by atomic mass is 9.92. The summed E-state index contributed by atoms with van der Waals surface area (Å²) in [5.74, 6) is 0.866. The molecule has 9 nitrogen and oxygen atoms in total. The first-order valence-corrected chi connectivity index (χ1v) is 12.9. The molecule has 2 amide bonds. The molecule has 6 rings (SSSR count). The van der Waals surface area contributed by atoms with Gasteiger partial charge in [0, 0.05) is 18.3 Å². The molecule has 0 radical (unpaired) electrons. The zero-order valence-electron chi connectivity index (χ0n) is 21.2. The summed E-state index contributed by atoms with van der Waals surface area (Å²) >= 11 is 0. The van der Waals surface area contributed by atoms with Gasteiger partial charge in [-0.05, 0) is 49.6 Å². The number of amides is 2. The first kappa shape index (κ1) is 24.0. The second-order valence-corrected chi connectivity index (χ2v) is 9.96. The van der Waals surface area contributed by atoms with Crippen molar-refractivity contribution in [2.45, 2.75) is 51.2 Å². The van der Waals surface area contributed by atoms with Crippen LogP contribution >= 0.6 is 0 Å². The summed E-state index contributed by atoms with van der Waals surface area (Å²) in [5.41, 5.74) is 3.22. The number of nitrogens with one attached hydrogen (secondary N) is 1. The van der Waals surface area contributed by atoms with Gasteiger partial charge in [-0.15, -0.1) is 5.10 Å². The lowest BCUT2D eigenvalue weighted by molar-refractivity contribution is -0.147. The molecule has 1 aliphatic heterocycles. The molecule has 2 aliphatic rings. The quantitative estimate of drug-likeness (QED) is 0.394. The van der Waals surface area contributed by atoms with Crippen molar-refractivity contribution in [3.05, 3.63) is 77.9 Å². The molecule has 1 aliphatic carbocycles. The van der Waals surface area contributed by atoms with Crippen molar-refractivity contribution in [2.24, 2.45) is 0 Å². The SMILES string of the molecule is Cc1ccc(CN(C(=O)Cn2nnc3ccccc32)C2(C(=O)Nc3ccc4c(c3)OCO4)CCCC2)cc1. The van der Waals surface area contributed by atoms with E-state index in [4.69, 9.17) is 9.47 Å². The van der Waals surface area contributed by atoms with E-state index < -0.39 is 5.54 Å². The molecular weight excluding hydrogens is 482 g/mol. The molecule has 0 saturated heterocycles. The summed E-state index contributed by atoms with van der Waals surface area (Å²) in [6, 6.07) is 21.0. The number of para-hydroxylation sites is 1. The number of anilines is 1. The van der Waals surface area contributed by atoms with Crippen molar-refractivity contribution >= 4 is 28.5 Å². The highest BCUT2D eigenvalue weighted by Gasteiger charge is 2.48. The summed E-state index contributed by atoms with van der Waals surface area (Å²) < 4.78 is 12.5. The highest BCUT2D eigenvalue weighted by atomic mass is 16.7. The maximum atomic E-state index is 14.0. The molecule has 194 valence electrons. The van der Waals surface area contributed by atoms with Crippen LogP contribution in [0.4, 0.5) is 5.69 Å². The van der Waals surface area contributed by atoms with Crippen LogP contribution < -0.4 is 14.8 Å². The van der Waals surface area contributed by atoms with Crippen LogP contribution in [0.2, 0.25) is 0 Å². The topological polar surface area (TPSA) is 98.6 Å². The number of ether oxygens (including phenoxy) is 2. The standard InChI is InChI=1S/C29H29N5O4/c1-20-8-10-21(11-9-20)17-33(27(35)18-34-24-7-3-2-6-23(24)31-32-34)29(14-4-5-15-29)28(36)30-22-12-13-25-26(16-22)38-19-37-25/h2-3,6-13,16H,4-5,14-15,17-19H2,1H3,(H,30,36). The average Bonchev–Trinajstić information content (AvgIpc) is 3.69. The van der Waals surface area contributed by atoms with Crippen LogP contribution in [0.5, 0.6) is 11.5 Å². The third kappa shape index (κ3) is 4.44. The van der Waals surface area contributed by atoms with E-state index in [0.717, 1.165) is 35.0 Å². The number of hydrogen-bond acceptors (Lipinski definition) is 6. The fourth-order valence-corrected chi connectivity index (χ4v) is 5.40. The average molecular weight is 512 g/mol. The largest absolute Gasteiger partial charge is 0.454 e. The number of nitrogens with zero attached hydrogens (tertiary/aromatic N) is 4. The number of benzene rings is 3. The molecular formula is C29H29N5O4. The zero-order chi connectivity index (χ0) is 26.1. The van der Waals surface area contributed by atoms with Gasteiger partial charge in [0.05, 0.1) is 5.52 Å². The molecule has 0 unspecified atom stereocenters. The Bertz CT molecular complexity index is 1490. The van der Waals surface area contributed by atoms with E-state index in [1.165, 1.54) is 0 Å². The number of rotatable bonds is 7. The molecule has 2 heterocycles. The Kier molecular flexibility index (Phi) is 6.19. The highest BCUT2D eigenvalue weighted by molar-refractivity contribution is 6.01. The van der Waals surface area contributed by atoms with E-state index in [1.54, 1.807) is 27.8 Å². The molecule has 1 N–H and O–H groups in total. The summed E-state index contributed by atoms with van der Waals surface area (Å²) in [5, 5.41) is 11.5. The van der Waals surface area contributed by atoms with Gasteiger partial charge in [0.25, 0.3) is 0 Å². The first-order chi connectivity index (χ1) is 18.5. The normalized spacial score (nSPS) is 15.5. The Balaban J connectivity index is 1.33. The number of hydrogen-bond donors (Lipinski definition) is 1. The van der Waals surface area contributed by atoms with Crippen molar-refractivity contribution in [2.75, 3.05) is 12.1 Å². The third-order valence-electron chi connectivity index (χ3n) is 7.47. The lowest BCUT2D eigenvalue weighted by Gasteiger charge is -2.40. The zero-order valence-corrected chi connectivity index (χ0v) is 21.2. The fourth-order valence-electron chi connectivity index (χ4n) is 5.40. The Morgan fingerprint density at radius 3 is 2.58 bits per heavy atom. The van der Waals surface area contributed by atoms with Gasteiger partial charge in [-0.25, -0.2) is 4.68 Å². The smallest absolute Gasteiger partial charge is 0.250 e. The van der Waals surface area contributed by atoms with Crippen LogP contribution in [0.1, 0.15) is 36.8 Å². The van der Waals surface area contributed by atoms with Gasteiger partial charge in [-0.3, -0.25) is 9.59 Å². The van der Waals surface area contributed by atoms with E-state index >= 15 is 0 Å².